The second-order valence-electron chi connectivity index (χ2n) is 5.48. The number of benzene rings is 1. The first kappa shape index (κ1) is 20.7. The number of aromatic nitrogens is 2. The van der Waals surface area contributed by atoms with Crippen LogP contribution in [0.4, 0.5) is 30.7 Å². The van der Waals surface area contributed by atoms with Crippen molar-refractivity contribution in [2.45, 2.75) is 19.0 Å². The quantitative estimate of drug-likeness (QED) is 0.395. The summed E-state index contributed by atoms with van der Waals surface area (Å²) >= 11 is 2.67. The van der Waals surface area contributed by atoms with Crippen molar-refractivity contribution in [2.24, 2.45) is 0 Å². The average Bonchev–Trinajstić information content (AvgIpc) is 3.23. The van der Waals surface area contributed by atoms with Crippen molar-refractivity contribution in [1.82, 2.24) is 9.78 Å². The Kier molecular flexibility index (Phi) is 5.49. The normalized spacial score (nSPS) is 12.4. The number of nitrogens with zero attached hydrogens (tertiary/aromatic N) is 2. The zero-order valence-electron chi connectivity index (χ0n) is 13.6. The molecule has 0 aliphatic heterocycles. The smallest absolute Gasteiger partial charge is 0.482 e. The van der Waals surface area contributed by atoms with Crippen LogP contribution in [0.1, 0.15) is 16.1 Å². The fraction of sp³-hybridized carbons (Fsp3) is 0.188. The van der Waals surface area contributed by atoms with Crippen LogP contribution in [0.3, 0.4) is 0 Å². The largest absolute Gasteiger partial charge is 0.651 e. The summed E-state index contributed by atoms with van der Waals surface area (Å²) in [7, 11) is 0. The van der Waals surface area contributed by atoms with E-state index in [2.05, 4.69) is 5.10 Å². The highest BCUT2D eigenvalue weighted by atomic mass is 32.1. The minimum Gasteiger partial charge on any atom is -0.651 e. The molecule has 0 fully saturated rings. The van der Waals surface area contributed by atoms with Crippen LogP contribution in [0, 0.1) is 0 Å². The van der Waals surface area contributed by atoms with E-state index in [4.69, 9.17) is 3.79 Å². The van der Waals surface area contributed by atoms with Gasteiger partial charge in [-0.15, -0.1) is 11.3 Å². The zero-order chi connectivity index (χ0) is 20.7. The molecule has 0 amide bonds. The maximum absolute atomic E-state index is 13.4. The molecule has 0 bridgehead atoms. The second kappa shape index (κ2) is 7.42. The van der Waals surface area contributed by atoms with E-state index in [0.29, 0.717) is 10.2 Å². The molecule has 12 heteroatoms. The molecule has 0 aliphatic carbocycles. The number of hydrogen-bond donors (Lipinski definition) is 0. The molecule has 3 aromatic rings. The Labute approximate surface area is 166 Å². The van der Waals surface area contributed by atoms with E-state index in [1.165, 1.54) is 0 Å². The van der Waals surface area contributed by atoms with Gasteiger partial charge in [0.05, 0.1) is 9.75 Å². The molecule has 2 heterocycles. The number of rotatable bonds is 4. The van der Waals surface area contributed by atoms with Gasteiger partial charge in [0.25, 0.3) is 0 Å². The van der Waals surface area contributed by atoms with Gasteiger partial charge in [0, 0.05) is 6.20 Å². The van der Waals surface area contributed by atoms with Crippen LogP contribution in [0.25, 0.3) is 16.1 Å². The van der Waals surface area contributed by atoms with E-state index in [-0.39, 0.29) is 27.4 Å². The average molecular weight is 436 g/mol. The molecular weight excluding hydrogens is 428 g/mol. The highest BCUT2D eigenvalue weighted by molar-refractivity contribution is 7.16. The van der Waals surface area contributed by atoms with E-state index in [9.17, 15) is 30.7 Å². The van der Waals surface area contributed by atoms with E-state index >= 15 is 0 Å². The molecule has 2 aromatic heterocycles. The first-order valence-electron chi connectivity index (χ1n) is 7.46. The third-order valence-electron chi connectivity index (χ3n) is 3.70. The van der Waals surface area contributed by atoms with E-state index in [1.807, 2.05) is 16.6 Å². The van der Waals surface area contributed by atoms with Crippen molar-refractivity contribution in [3.63, 3.8) is 0 Å². The van der Waals surface area contributed by atoms with Crippen molar-refractivity contribution >= 4 is 28.0 Å². The Morgan fingerprint density at radius 1 is 1.04 bits per heavy atom. The van der Waals surface area contributed by atoms with Crippen LogP contribution in [0.5, 0.6) is 5.75 Å². The lowest BCUT2D eigenvalue weighted by molar-refractivity contribution is -0.163. The number of hydrogen-bond acceptors (Lipinski definition) is 3. The standard InChI is InChI=1S/C16H9F7N2OS.Al/c17-6-10-12(26)11(13(27-10)8-4-2-1-3-5-8)25-7-9(15(18,19)20)14(24-25)16(21,22)23;/h1-5,7,26H,6H2;/q;+1/p-1. The van der Waals surface area contributed by atoms with Gasteiger partial charge >= 0.3 is 29.0 Å². The third-order valence-corrected chi connectivity index (χ3v) is 5.11. The highest BCUT2D eigenvalue weighted by Gasteiger charge is 2.47. The monoisotopic (exact) mass is 436 g/mol. The molecule has 3 rings (SSSR count). The van der Waals surface area contributed by atoms with E-state index in [0.717, 1.165) is 11.3 Å². The van der Waals surface area contributed by atoms with Crippen LogP contribution in [-0.2, 0) is 19.0 Å². The van der Waals surface area contributed by atoms with Gasteiger partial charge in [0.2, 0.25) is 0 Å². The first-order valence-corrected chi connectivity index (χ1v) is 8.75. The van der Waals surface area contributed by atoms with Gasteiger partial charge in [0.15, 0.2) is 5.69 Å². The Hall–Kier alpha value is -2.03. The molecule has 0 N–H and O–H groups in total. The van der Waals surface area contributed by atoms with Gasteiger partial charge < -0.3 is 3.79 Å². The van der Waals surface area contributed by atoms with Gasteiger partial charge in [-0.2, -0.15) is 31.4 Å². The summed E-state index contributed by atoms with van der Waals surface area (Å²) in [5.41, 5.74) is -3.77. The van der Waals surface area contributed by atoms with Gasteiger partial charge in [-0.05, 0) is 5.56 Å². The number of halogens is 7. The summed E-state index contributed by atoms with van der Waals surface area (Å²) in [6.07, 6.45) is -10.4. The summed E-state index contributed by atoms with van der Waals surface area (Å²) in [6.45, 7) is -1.02. The molecule has 1 aromatic carbocycles. The summed E-state index contributed by atoms with van der Waals surface area (Å²) in [5, 5.41) is 3.13. The maximum Gasteiger partial charge on any atom is 0.482 e. The summed E-state index contributed by atoms with van der Waals surface area (Å²) in [5.74, 6) is -0.207. The fourth-order valence-electron chi connectivity index (χ4n) is 2.56. The second-order valence-corrected chi connectivity index (χ2v) is 6.82. The fourth-order valence-corrected chi connectivity index (χ4v) is 3.98. The van der Waals surface area contributed by atoms with Crippen molar-refractivity contribution in [2.75, 3.05) is 0 Å². The first-order chi connectivity index (χ1) is 13.1. The minimum atomic E-state index is -5.33. The lowest BCUT2D eigenvalue weighted by Crippen LogP contribution is -2.15. The van der Waals surface area contributed by atoms with Crippen molar-refractivity contribution in [3.05, 3.63) is 52.7 Å². The Morgan fingerprint density at radius 3 is 2.14 bits per heavy atom. The van der Waals surface area contributed by atoms with Gasteiger partial charge in [0.1, 0.15) is 23.7 Å². The molecule has 0 atom stereocenters. The van der Waals surface area contributed by atoms with Crippen LogP contribution < -0.4 is 3.79 Å². The third kappa shape index (κ3) is 3.76. The number of alkyl halides is 7. The molecule has 0 unspecified atom stereocenters. The van der Waals surface area contributed by atoms with Crippen LogP contribution >= 0.6 is 11.3 Å². The number of thiophene rings is 1. The lowest BCUT2D eigenvalue weighted by atomic mass is 10.1. The maximum atomic E-state index is 13.4. The molecule has 0 aliphatic rings. The molecule has 3 nitrogen and oxygen atoms in total. The Balaban J connectivity index is 2.32. The van der Waals surface area contributed by atoms with Gasteiger partial charge in [-0.25, -0.2) is 9.07 Å². The lowest BCUT2D eigenvalue weighted by Gasteiger charge is -2.09. The summed E-state index contributed by atoms with van der Waals surface area (Å²) in [6, 6.07) is 8.10. The summed E-state index contributed by atoms with van der Waals surface area (Å²) in [4.78, 5) is 0.220. The highest BCUT2D eigenvalue weighted by Crippen LogP contribution is 2.46. The van der Waals surface area contributed by atoms with Gasteiger partial charge in [-0.3, -0.25) is 0 Å². The van der Waals surface area contributed by atoms with E-state index < -0.39 is 30.3 Å². The van der Waals surface area contributed by atoms with Crippen LogP contribution in [0.2, 0.25) is 0 Å². The van der Waals surface area contributed by atoms with Gasteiger partial charge in [-0.1, -0.05) is 30.3 Å². The van der Waals surface area contributed by atoms with Crippen molar-refractivity contribution in [3.8, 4) is 21.9 Å². The molecule has 146 valence electrons. The predicted octanol–water partition coefficient (Wildman–Crippen LogP) is 5.57. The van der Waals surface area contributed by atoms with Crippen LogP contribution in [0.15, 0.2) is 36.5 Å². The van der Waals surface area contributed by atoms with Crippen molar-refractivity contribution in [1.29, 1.82) is 0 Å². The predicted molar refractivity (Wildman–Crippen MR) is 88.1 cm³/mol. The van der Waals surface area contributed by atoms with Crippen molar-refractivity contribution < 1.29 is 34.5 Å². The molecule has 28 heavy (non-hydrogen) atoms. The van der Waals surface area contributed by atoms with E-state index in [1.54, 1.807) is 30.3 Å². The topological polar surface area (TPSA) is 27.1 Å². The minimum absolute atomic E-state index is 0.00136. The molecule has 2 radical (unpaired) electrons. The SMILES string of the molecule is FCc1sc(-c2ccccc2)c(-n2cc(C(F)(F)F)c(C(F)(F)F)n2)c1[O][Al]. The molecule has 0 spiro atoms. The molecule has 0 saturated carbocycles. The molecular formula is C16H8AlF7N2OS. The Morgan fingerprint density at radius 2 is 1.68 bits per heavy atom. The van der Waals surface area contributed by atoms with Crippen LogP contribution in [-0.4, -0.2) is 26.4 Å². The summed E-state index contributed by atoms with van der Waals surface area (Å²) < 4.78 is 97.6. The molecule has 0 saturated heterocycles. The zero-order valence-corrected chi connectivity index (χ0v) is 15.6. The Bertz CT molecular complexity index is 948.